The molecule has 1 aliphatic heterocycles. The number of benzene rings is 1. The Labute approximate surface area is 91.2 Å². The molecule has 1 aliphatic rings. The molecular formula is C10H12BrNS. The third-order valence-electron chi connectivity index (χ3n) is 2.45. The Kier molecular flexibility index (Phi) is 2.67. The summed E-state index contributed by atoms with van der Waals surface area (Å²) in [4.78, 5) is 1.34. The predicted octanol–water partition coefficient (Wildman–Crippen LogP) is 3.19. The Morgan fingerprint density at radius 1 is 1.54 bits per heavy atom. The minimum atomic E-state index is 0.203. The van der Waals surface area contributed by atoms with Gasteiger partial charge in [0.05, 0.1) is 0 Å². The topological polar surface area (TPSA) is 26.0 Å². The first-order valence-electron chi connectivity index (χ1n) is 4.36. The van der Waals surface area contributed by atoms with E-state index in [0.29, 0.717) is 5.92 Å². The molecule has 1 nitrogen and oxygen atoms in total. The maximum atomic E-state index is 6.12. The van der Waals surface area contributed by atoms with Crippen LogP contribution in [0.2, 0.25) is 0 Å². The second-order valence-corrected chi connectivity index (χ2v) is 5.47. The highest BCUT2D eigenvalue weighted by atomic mass is 79.9. The first-order chi connectivity index (χ1) is 6.18. The Morgan fingerprint density at radius 3 is 3.08 bits per heavy atom. The molecule has 0 aliphatic carbocycles. The standard InChI is InChI=1S/C10H12BrNS/c1-6-5-13-9-3-2-7(11)4-8(9)10(6)12/h2-4,6,10H,5,12H2,1H3/t6-,10-/m1/s1. The average molecular weight is 258 g/mol. The molecule has 0 bridgehead atoms. The van der Waals surface area contributed by atoms with Gasteiger partial charge in [-0.25, -0.2) is 0 Å². The SMILES string of the molecule is C[C@@H]1CSc2ccc(Br)cc2[C@@H]1N. The van der Waals surface area contributed by atoms with Crippen molar-refractivity contribution in [1.29, 1.82) is 0 Å². The van der Waals surface area contributed by atoms with E-state index in [4.69, 9.17) is 5.73 Å². The van der Waals surface area contributed by atoms with Gasteiger partial charge in [0.2, 0.25) is 0 Å². The molecule has 13 heavy (non-hydrogen) atoms. The van der Waals surface area contributed by atoms with Gasteiger partial charge in [0.1, 0.15) is 0 Å². The van der Waals surface area contributed by atoms with E-state index in [1.54, 1.807) is 0 Å². The minimum absolute atomic E-state index is 0.203. The van der Waals surface area contributed by atoms with Gasteiger partial charge in [-0.1, -0.05) is 22.9 Å². The Balaban J connectivity index is 2.45. The van der Waals surface area contributed by atoms with Gasteiger partial charge in [-0.3, -0.25) is 0 Å². The van der Waals surface area contributed by atoms with Crippen LogP contribution in [0.1, 0.15) is 18.5 Å². The second-order valence-electron chi connectivity index (χ2n) is 3.50. The number of hydrogen-bond acceptors (Lipinski definition) is 2. The summed E-state index contributed by atoms with van der Waals surface area (Å²) >= 11 is 5.38. The van der Waals surface area contributed by atoms with Crippen molar-refractivity contribution in [2.45, 2.75) is 17.9 Å². The van der Waals surface area contributed by atoms with E-state index < -0.39 is 0 Å². The van der Waals surface area contributed by atoms with Gasteiger partial charge in [-0.2, -0.15) is 0 Å². The zero-order chi connectivity index (χ0) is 9.42. The molecule has 0 aromatic heterocycles. The molecule has 1 aromatic rings. The Hall–Kier alpha value is 0.01000. The monoisotopic (exact) mass is 257 g/mol. The van der Waals surface area contributed by atoms with Crippen LogP contribution < -0.4 is 5.73 Å². The maximum Gasteiger partial charge on any atom is 0.0340 e. The van der Waals surface area contributed by atoms with Crippen LogP contribution in [0.25, 0.3) is 0 Å². The molecule has 0 radical (unpaired) electrons. The van der Waals surface area contributed by atoms with Crippen molar-refractivity contribution in [1.82, 2.24) is 0 Å². The first-order valence-corrected chi connectivity index (χ1v) is 6.14. The van der Waals surface area contributed by atoms with E-state index in [-0.39, 0.29) is 6.04 Å². The molecule has 0 saturated heterocycles. The lowest BCUT2D eigenvalue weighted by atomic mass is 9.96. The van der Waals surface area contributed by atoms with Crippen molar-refractivity contribution in [2.75, 3.05) is 5.75 Å². The van der Waals surface area contributed by atoms with E-state index in [0.717, 1.165) is 10.2 Å². The van der Waals surface area contributed by atoms with Crippen molar-refractivity contribution in [2.24, 2.45) is 11.7 Å². The van der Waals surface area contributed by atoms with Crippen molar-refractivity contribution >= 4 is 27.7 Å². The fraction of sp³-hybridized carbons (Fsp3) is 0.400. The largest absolute Gasteiger partial charge is 0.324 e. The number of fused-ring (bicyclic) bond motifs is 1. The van der Waals surface area contributed by atoms with Crippen LogP contribution >= 0.6 is 27.7 Å². The van der Waals surface area contributed by atoms with Crippen LogP contribution in [-0.4, -0.2) is 5.75 Å². The number of halogens is 1. The Morgan fingerprint density at radius 2 is 2.31 bits per heavy atom. The van der Waals surface area contributed by atoms with Crippen molar-refractivity contribution in [3.8, 4) is 0 Å². The Bertz CT molecular complexity index is 327. The minimum Gasteiger partial charge on any atom is -0.324 e. The van der Waals surface area contributed by atoms with Gasteiger partial charge >= 0.3 is 0 Å². The molecule has 0 amide bonds. The smallest absolute Gasteiger partial charge is 0.0340 e. The summed E-state index contributed by atoms with van der Waals surface area (Å²) in [5, 5.41) is 0. The van der Waals surface area contributed by atoms with Gasteiger partial charge in [0.15, 0.2) is 0 Å². The molecule has 0 fully saturated rings. The molecule has 0 spiro atoms. The van der Waals surface area contributed by atoms with Crippen LogP contribution in [0.15, 0.2) is 27.6 Å². The van der Waals surface area contributed by atoms with E-state index in [9.17, 15) is 0 Å². The summed E-state index contributed by atoms with van der Waals surface area (Å²) in [5.41, 5.74) is 7.41. The van der Waals surface area contributed by atoms with Crippen LogP contribution in [-0.2, 0) is 0 Å². The summed E-state index contributed by atoms with van der Waals surface area (Å²) in [6.45, 7) is 2.21. The van der Waals surface area contributed by atoms with Crippen LogP contribution in [0, 0.1) is 5.92 Å². The highest BCUT2D eigenvalue weighted by Crippen LogP contribution is 2.39. The van der Waals surface area contributed by atoms with Crippen LogP contribution in [0.5, 0.6) is 0 Å². The average Bonchev–Trinajstić information content (AvgIpc) is 2.12. The predicted molar refractivity (Wildman–Crippen MR) is 61.0 cm³/mol. The third kappa shape index (κ3) is 1.78. The highest BCUT2D eigenvalue weighted by Gasteiger charge is 2.23. The van der Waals surface area contributed by atoms with Crippen molar-refractivity contribution < 1.29 is 0 Å². The van der Waals surface area contributed by atoms with Gasteiger partial charge in [-0.15, -0.1) is 11.8 Å². The molecule has 70 valence electrons. The van der Waals surface area contributed by atoms with Gasteiger partial charge < -0.3 is 5.73 Å². The molecule has 3 heteroatoms. The molecule has 1 aromatic carbocycles. The summed E-state index contributed by atoms with van der Waals surface area (Å²) < 4.78 is 1.12. The van der Waals surface area contributed by atoms with E-state index in [1.165, 1.54) is 10.5 Å². The normalized spacial score (nSPS) is 27.0. The zero-order valence-electron chi connectivity index (χ0n) is 7.46. The molecule has 0 saturated carbocycles. The van der Waals surface area contributed by atoms with Crippen molar-refractivity contribution in [3.63, 3.8) is 0 Å². The third-order valence-corrected chi connectivity index (χ3v) is 4.31. The maximum absolute atomic E-state index is 6.12. The molecule has 1 heterocycles. The number of hydrogen-bond donors (Lipinski definition) is 1. The van der Waals surface area contributed by atoms with Crippen LogP contribution in [0.3, 0.4) is 0 Å². The number of rotatable bonds is 0. The molecule has 2 atom stereocenters. The summed E-state index contributed by atoms with van der Waals surface area (Å²) in [7, 11) is 0. The highest BCUT2D eigenvalue weighted by molar-refractivity contribution is 9.10. The van der Waals surface area contributed by atoms with Crippen LogP contribution in [0.4, 0.5) is 0 Å². The van der Waals surface area contributed by atoms with E-state index in [2.05, 4.69) is 41.1 Å². The quantitative estimate of drug-likeness (QED) is 0.773. The lowest BCUT2D eigenvalue weighted by molar-refractivity contribution is 0.507. The lowest BCUT2D eigenvalue weighted by Crippen LogP contribution is -2.24. The molecule has 0 unspecified atom stereocenters. The summed E-state index contributed by atoms with van der Waals surface area (Å²) in [5.74, 6) is 1.71. The number of nitrogens with two attached hydrogens (primary N) is 1. The van der Waals surface area contributed by atoms with Gasteiger partial charge in [-0.05, 0) is 29.7 Å². The molecular weight excluding hydrogens is 246 g/mol. The second kappa shape index (κ2) is 3.64. The van der Waals surface area contributed by atoms with Gasteiger partial charge in [0.25, 0.3) is 0 Å². The summed E-state index contributed by atoms with van der Waals surface area (Å²) in [6.07, 6.45) is 0. The zero-order valence-corrected chi connectivity index (χ0v) is 9.86. The fourth-order valence-corrected chi connectivity index (χ4v) is 3.10. The number of thioether (sulfide) groups is 1. The van der Waals surface area contributed by atoms with E-state index in [1.807, 2.05) is 11.8 Å². The van der Waals surface area contributed by atoms with Crippen molar-refractivity contribution in [3.05, 3.63) is 28.2 Å². The molecule has 2 rings (SSSR count). The fourth-order valence-electron chi connectivity index (χ4n) is 1.54. The lowest BCUT2D eigenvalue weighted by Gasteiger charge is -2.27. The van der Waals surface area contributed by atoms with E-state index >= 15 is 0 Å². The molecule has 2 N–H and O–H groups in total. The first kappa shape index (κ1) is 9.56. The summed E-state index contributed by atoms with van der Waals surface area (Å²) in [6, 6.07) is 6.57. The van der Waals surface area contributed by atoms with Gasteiger partial charge in [0, 0.05) is 21.2 Å².